The maximum Gasteiger partial charge on any atom is 0.279 e. The minimum absolute atomic E-state index is 0.137. The molecule has 0 atom stereocenters. The molecule has 1 aromatic carbocycles. The molecule has 3 aromatic rings. The number of benzene rings is 1. The van der Waals surface area contributed by atoms with Crippen molar-refractivity contribution in [2.24, 2.45) is 7.05 Å². The number of carbonyl (C=O) groups excluding carboxylic acids is 1. The highest BCUT2D eigenvalue weighted by Gasteiger charge is 2.15. The first-order chi connectivity index (χ1) is 11.8. The van der Waals surface area contributed by atoms with Gasteiger partial charge in [0.1, 0.15) is 5.82 Å². The first-order valence-corrected chi connectivity index (χ1v) is 8.83. The Morgan fingerprint density at radius 1 is 1.36 bits per heavy atom. The van der Waals surface area contributed by atoms with Gasteiger partial charge in [0, 0.05) is 7.05 Å². The SMILES string of the molecule is Cc1ccc(NC(=O)CSc2nc3c(=O)[nH]c(C)nc3n2C)c(Cl)c1. The standard InChI is InChI=1S/C16H16ClN5O2S/c1-8-4-5-11(10(17)6-8)20-12(23)7-25-16-21-13-14(22(16)3)18-9(2)19-15(13)24/h4-6H,7H2,1-3H3,(H,20,23)(H,18,19,24). The van der Waals surface area contributed by atoms with Gasteiger partial charge < -0.3 is 14.9 Å². The summed E-state index contributed by atoms with van der Waals surface area (Å²) in [7, 11) is 1.76. The number of nitrogens with one attached hydrogen (secondary N) is 2. The average Bonchev–Trinajstić information content (AvgIpc) is 2.85. The molecule has 7 nitrogen and oxygen atoms in total. The van der Waals surface area contributed by atoms with Gasteiger partial charge >= 0.3 is 0 Å². The highest BCUT2D eigenvalue weighted by atomic mass is 35.5. The predicted octanol–water partition coefficient (Wildman–Crippen LogP) is 2.66. The molecule has 0 aliphatic rings. The van der Waals surface area contributed by atoms with Crippen molar-refractivity contribution < 1.29 is 4.79 Å². The van der Waals surface area contributed by atoms with E-state index in [0.29, 0.717) is 27.3 Å². The molecule has 0 aliphatic heterocycles. The first-order valence-electron chi connectivity index (χ1n) is 7.47. The molecule has 25 heavy (non-hydrogen) atoms. The van der Waals surface area contributed by atoms with Gasteiger partial charge in [-0.2, -0.15) is 0 Å². The minimum Gasteiger partial charge on any atom is -0.324 e. The summed E-state index contributed by atoms with van der Waals surface area (Å²) < 4.78 is 1.70. The summed E-state index contributed by atoms with van der Waals surface area (Å²) >= 11 is 7.34. The van der Waals surface area contributed by atoms with Crippen LogP contribution in [-0.2, 0) is 11.8 Å². The number of hydrogen-bond donors (Lipinski definition) is 2. The lowest BCUT2D eigenvalue weighted by atomic mass is 10.2. The number of aromatic nitrogens is 4. The maximum atomic E-state index is 12.2. The van der Waals surface area contributed by atoms with Crippen LogP contribution in [0.4, 0.5) is 5.69 Å². The smallest absolute Gasteiger partial charge is 0.279 e. The molecule has 2 heterocycles. The van der Waals surface area contributed by atoms with Crippen LogP contribution in [0, 0.1) is 13.8 Å². The molecule has 130 valence electrons. The number of rotatable bonds is 4. The Bertz CT molecular complexity index is 1030. The Hall–Kier alpha value is -2.32. The summed E-state index contributed by atoms with van der Waals surface area (Å²) in [4.78, 5) is 35.3. The van der Waals surface area contributed by atoms with Gasteiger partial charge in [0.15, 0.2) is 16.3 Å². The summed E-state index contributed by atoms with van der Waals surface area (Å²) in [5.41, 5.74) is 2.05. The lowest BCUT2D eigenvalue weighted by Crippen LogP contribution is -2.14. The lowest BCUT2D eigenvalue weighted by molar-refractivity contribution is -0.113. The molecule has 0 unspecified atom stereocenters. The van der Waals surface area contributed by atoms with Crippen molar-refractivity contribution in [3.05, 3.63) is 45.0 Å². The number of thioether (sulfide) groups is 1. The first kappa shape index (κ1) is 17.5. The quantitative estimate of drug-likeness (QED) is 0.682. The monoisotopic (exact) mass is 377 g/mol. The van der Waals surface area contributed by atoms with Crippen LogP contribution in [0.25, 0.3) is 11.2 Å². The molecular weight excluding hydrogens is 362 g/mol. The van der Waals surface area contributed by atoms with E-state index in [1.54, 1.807) is 30.7 Å². The van der Waals surface area contributed by atoms with Gasteiger partial charge in [0.25, 0.3) is 5.56 Å². The fourth-order valence-electron chi connectivity index (χ4n) is 2.33. The number of halogens is 1. The number of H-pyrrole nitrogens is 1. The van der Waals surface area contributed by atoms with Crippen LogP contribution >= 0.6 is 23.4 Å². The Labute approximate surface area is 152 Å². The maximum absolute atomic E-state index is 12.2. The van der Waals surface area contributed by atoms with Crippen molar-refractivity contribution in [2.75, 3.05) is 11.1 Å². The second kappa shape index (κ2) is 6.89. The van der Waals surface area contributed by atoms with Crippen LogP contribution in [0.3, 0.4) is 0 Å². The highest BCUT2D eigenvalue weighted by molar-refractivity contribution is 7.99. The van der Waals surface area contributed by atoms with E-state index in [9.17, 15) is 9.59 Å². The van der Waals surface area contributed by atoms with Crippen LogP contribution < -0.4 is 10.9 Å². The topological polar surface area (TPSA) is 92.7 Å². The van der Waals surface area contributed by atoms with Crippen LogP contribution in [0.15, 0.2) is 28.2 Å². The van der Waals surface area contributed by atoms with E-state index < -0.39 is 0 Å². The summed E-state index contributed by atoms with van der Waals surface area (Å²) in [6.07, 6.45) is 0. The molecule has 0 saturated heterocycles. The Morgan fingerprint density at radius 2 is 2.12 bits per heavy atom. The van der Waals surface area contributed by atoms with Crippen LogP contribution in [0.5, 0.6) is 0 Å². The number of aryl methyl sites for hydroxylation is 3. The zero-order valence-corrected chi connectivity index (χ0v) is 15.5. The normalized spacial score (nSPS) is 11.0. The zero-order chi connectivity index (χ0) is 18.1. The fraction of sp³-hybridized carbons (Fsp3) is 0.250. The summed E-state index contributed by atoms with van der Waals surface area (Å²) in [6.45, 7) is 3.63. The van der Waals surface area contributed by atoms with E-state index in [1.165, 1.54) is 11.8 Å². The van der Waals surface area contributed by atoms with Crippen molar-refractivity contribution in [1.29, 1.82) is 0 Å². The molecule has 1 amide bonds. The molecule has 2 N–H and O–H groups in total. The molecular formula is C16H16ClN5O2S. The molecule has 0 radical (unpaired) electrons. The van der Waals surface area contributed by atoms with Gasteiger partial charge in [-0.1, -0.05) is 29.4 Å². The third-order valence-electron chi connectivity index (χ3n) is 3.54. The lowest BCUT2D eigenvalue weighted by Gasteiger charge is -2.07. The van der Waals surface area contributed by atoms with Crippen molar-refractivity contribution in [3.63, 3.8) is 0 Å². The number of aromatic amines is 1. The molecule has 3 rings (SSSR count). The molecule has 0 spiro atoms. The summed E-state index contributed by atoms with van der Waals surface area (Å²) in [5, 5.41) is 3.81. The van der Waals surface area contributed by atoms with E-state index in [-0.39, 0.29) is 22.7 Å². The van der Waals surface area contributed by atoms with Crippen molar-refractivity contribution in [3.8, 4) is 0 Å². The number of hydrogen-bond acceptors (Lipinski definition) is 5. The largest absolute Gasteiger partial charge is 0.324 e. The van der Waals surface area contributed by atoms with Gasteiger partial charge in [0.05, 0.1) is 16.5 Å². The molecule has 0 aliphatic carbocycles. The molecule has 0 bridgehead atoms. The number of nitrogens with zero attached hydrogens (tertiary/aromatic N) is 3. The third-order valence-corrected chi connectivity index (χ3v) is 4.88. The molecule has 0 saturated carbocycles. The van der Waals surface area contributed by atoms with Gasteiger partial charge in [-0.25, -0.2) is 9.97 Å². The van der Waals surface area contributed by atoms with Gasteiger partial charge in [-0.15, -0.1) is 0 Å². The zero-order valence-electron chi connectivity index (χ0n) is 13.9. The van der Waals surface area contributed by atoms with Crippen LogP contribution in [-0.4, -0.2) is 31.2 Å². The van der Waals surface area contributed by atoms with E-state index in [1.807, 2.05) is 13.0 Å². The minimum atomic E-state index is -0.291. The van der Waals surface area contributed by atoms with Crippen LogP contribution in [0.1, 0.15) is 11.4 Å². The average molecular weight is 378 g/mol. The van der Waals surface area contributed by atoms with E-state index in [4.69, 9.17) is 11.6 Å². The second-order valence-electron chi connectivity index (χ2n) is 5.60. The fourth-order valence-corrected chi connectivity index (χ4v) is 3.38. The summed E-state index contributed by atoms with van der Waals surface area (Å²) in [5.74, 6) is 0.447. The second-order valence-corrected chi connectivity index (χ2v) is 6.95. The van der Waals surface area contributed by atoms with E-state index in [2.05, 4.69) is 20.3 Å². The number of anilines is 1. The highest BCUT2D eigenvalue weighted by Crippen LogP contribution is 2.24. The molecule has 9 heteroatoms. The molecule has 2 aromatic heterocycles. The number of fused-ring (bicyclic) bond motifs is 1. The summed E-state index contributed by atoms with van der Waals surface area (Å²) in [6, 6.07) is 5.43. The van der Waals surface area contributed by atoms with Crippen molar-refractivity contribution in [2.45, 2.75) is 19.0 Å². The van der Waals surface area contributed by atoms with Gasteiger partial charge in [-0.3, -0.25) is 9.59 Å². The van der Waals surface area contributed by atoms with Crippen molar-refractivity contribution >= 4 is 46.1 Å². The number of imidazole rings is 1. The Kier molecular flexibility index (Phi) is 4.82. The van der Waals surface area contributed by atoms with Crippen LogP contribution in [0.2, 0.25) is 5.02 Å². The number of carbonyl (C=O) groups is 1. The third kappa shape index (κ3) is 3.69. The van der Waals surface area contributed by atoms with E-state index >= 15 is 0 Å². The Balaban J connectivity index is 1.74. The Morgan fingerprint density at radius 3 is 2.84 bits per heavy atom. The van der Waals surface area contributed by atoms with Crippen molar-refractivity contribution in [1.82, 2.24) is 19.5 Å². The number of amides is 1. The van der Waals surface area contributed by atoms with Gasteiger partial charge in [-0.05, 0) is 31.5 Å². The van der Waals surface area contributed by atoms with E-state index in [0.717, 1.165) is 5.56 Å². The van der Waals surface area contributed by atoms with Gasteiger partial charge in [0.2, 0.25) is 5.91 Å². The molecule has 0 fully saturated rings. The predicted molar refractivity (Wildman–Crippen MR) is 99.4 cm³/mol.